The second-order valence-electron chi connectivity index (χ2n) is 9.46. The summed E-state index contributed by atoms with van der Waals surface area (Å²) in [6, 6.07) is 5.83. The molecule has 1 aromatic rings. The summed E-state index contributed by atoms with van der Waals surface area (Å²) in [4.78, 5) is 31.5. The standard InChI is InChI=1S/C23H32N4O3/c1-15-4-5-16(10-19(15)27-9-6-24-23(27)30)22(29)26-13-17-11-20(25-7-2-3-8-25)21(28)12-18(17)14-26/h4-5,10,17-18,20-21,28H,2-3,6-9,11-14H2,1H3,(H,24,30)/t17-,18+,20-,21-/m1/s1. The Morgan fingerprint density at radius 1 is 1.10 bits per heavy atom. The van der Waals surface area contributed by atoms with Gasteiger partial charge in [-0.1, -0.05) is 6.07 Å². The highest BCUT2D eigenvalue weighted by Gasteiger charge is 2.45. The number of carbonyl (C=O) groups is 2. The van der Waals surface area contributed by atoms with Crippen molar-refractivity contribution in [1.82, 2.24) is 15.1 Å². The average molecular weight is 413 g/mol. The molecule has 7 nitrogen and oxygen atoms in total. The van der Waals surface area contributed by atoms with Crippen LogP contribution < -0.4 is 10.2 Å². The number of carbonyl (C=O) groups excluding carboxylic acids is 2. The quantitative estimate of drug-likeness (QED) is 0.794. The molecule has 0 radical (unpaired) electrons. The predicted molar refractivity (Wildman–Crippen MR) is 115 cm³/mol. The lowest BCUT2D eigenvalue weighted by atomic mass is 9.77. The number of anilines is 1. The number of hydrogen-bond acceptors (Lipinski definition) is 4. The maximum Gasteiger partial charge on any atom is 0.322 e. The van der Waals surface area contributed by atoms with Gasteiger partial charge in [0.25, 0.3) is 5.91 Å². The third kappa shape index (κ3) is 3.48. The Kier molecular flexibility index (Phi) is 5.19. The summed E-state index contributed by atoms with van der Waals surface area (Å²) in [7, 11) is 0. The van der Waals surface area contributed by atoms with Gasteiger partial charge in [0.1, 0.15) is 0 Å². The summed E-state index contributed by atoms with van der Waals surface area (Å²) in [6.07, 6.45) is 3.96. The van der Waals surface area contributed by atoms with Crippen LogP contribution in [0.1, 0.15) is 41.6 Å². The van der Waals surface area contributed by atoms with E-state index in [0.717, 1.165) is 50.3 Å². The average Bonchev–Trinajstić information content (AvgIpc) is 3.47. The summed E-state index contributed by atoms with van der Waals surface area (Å²) >= 11 is 0. The third-order valence-corrected chi connectivity index (χ3v) is 7.61. The number of nitrogens with one attached hydrogen (secondary N) is 1. The van der Waals surface area contributed by atoms with Gasteiger partial charge in [-0.3, -0.25) is 14.6 Å². The van der Waals surface area contributed by atoms with E-state index in [1.165, 1.54) is 12.8 Å². The molecule has 0 bridgehead atoms. The van der Waals surface area contributed by atoms with Gasteiger partial charge in [0.15, 0.2) is 0 Å². The molecule has 4 aliphatic rings. The zero-order chi connectivity index (χ0) is 20.8. The Morgan fingerprint density at radius 2 is 1.83 bits per heavy atom. The van der Waals surface area contributed by atoms with Gasteiger partial charge in [-0.25, -0.2) is 4.79 Å². The number of fused-ring (bicyclic) bond motifs is 1. The predicted octanol–water partition coefficient (Wildman–Crippen LogP) is 1.83. The Morgan fingerprint density at radius 3 is 2.53 bits per heavy atom. The lowest BCUT2D eigenvalue weighted by Gasteiger charge is -2.40. The molecule has 3 heterocycles. The van der Waals surface area contributed by atoms with Crippen LogP contribution in [-0.4, -0.2) is 78.3 Å². The summed E-state index contributed by atoms with van der Waals surface area (Å²) in [5.41, 5.74) is 2.46. The first-order valence-electron chi connectivity index (χ1n) is 11.4. The van der Waals surface area contributed by atoms with Crippen molar-refractivity contribution in [2.75, 3.05) is 44.2 Å². The van der Waals surface area contributed by atoms with Crippen LogP contribution in [0.25, 0.3) is 0 Å². The number of aryl methyl sites for hydroxylation is 1. The van der Waals surface area contributed by atoms with Crippen LogP contribution in [0.15, 0.2) is 18.2 Å². The molecule has 4 atom stereocenters. The zero-order valence-corrected chi connectivity index (χ0v) is 17.7. The summed E-state index contributed by atoms with van der Waals surface area (Å²) in [5.74, 6) is 0.895. The molecule has 3 aliphatic heterocycles. The minimum atomic E-state index is -0.279. The molecule has 3 amide bonds. The molecule has 1 aliphatic carbocycles. The van der Waals surface area contributed by atoms with Crippen molar-refractivity contribution in [3.63, 3.8) is 0 Å². The van der Waals surface area contributed by atoms with E-state index in [9.17, 15) is 14.7 Å². The van der Waals surface area contributed by atoms with Gasteiger partial charge in [-0.2, -0.15) is 0 Å². The van der Waals surface area contributed by atoms with Gasteiger partial charge in [0.05, 0.1) is 6.10 Å². The van der Waals surface area contributed by atoms with E-state index in [-0.39, 0.29) is 24.1 Å². The Bertz CT molecular complexity index is 838. The third-order valence-electron chi connectivity index (χ3n) is 7.61. The van der Waals surface area contributed by atoms with Gasteiger partial charge in [-0.15, -0.1) is 0 Å². The van der Waals surface area contributed by atoms with Crippen LogP contribution in [0.4, 0.5) is 10.5 Å². The smallest absolute Gasteiger partial charge is 0.322 e. The number of rotatable bonds is 3. The highest BCUT2D eigenvalue weighted by molar-refractivity contribution is 5.99. The number of nitrogens with zero attached hydrogens (tertiary/aromatic N) is 3. The molecule has 30 heavy (non-hydrogen) atoms. The van der Waals surface area contributed by atoms with Crippen molar-refractivity contribution in [3.8, 4) is 0 Å². The molecule has 1 saturated carbocycles. The molecular weight excluding hydrogens is 380 g/mol. The van der Waals surface area contributed by atoms with Gasteiger partial charge in [0, 0.05) is 43.5 Å². The monoisotopic (exact) mass is 412 g/mol. The summed E-state index contributed by atoms with van der Waals surface area (Å²) in [5, 5.41) is 13.6. The van der Waals surface area contributed by atoms with Crippen LogP contribution in [0, 0.1) is 18.8 Å². The highest BCUT2D eigenvalue weighted by atomic mass is 16.3. The fraction of sp³-hybridized carbons (Fsp3) is 0.652. The van der Waals surface area contributed by atoms with E-state index in [0.29, 0.717) is 30.5 Å². The van der Waals surface area contributed by atoms with Gasteiger partial charge in [0.2, 0.25) is 0 Å². The molecule has 7 heteroatoms. The Hall–Kier alpha value is -2.12. The van der Waals surface area contributed by atoms with Gasteiger partial charge >= 0.3 is 6.03 Å². The van der Waals surface area contributed by atoms with Crippen molar-refractivity contribution in [3.05, 3.63) is 29.3 Å². The Labute approximate surface area is 178 Å². The molecule has 0 spiro atoms. The first-order valence-corrected chi connectivity index (χ1v) is 11.4. The molecule has 4 fully saturated rings. The van der Waals surface area contributed by atoms with Crippen molar-refractivity contribution in [1.29, 1.82) is 0 Å². The van der Waals surface area contributed by atoms with Crippen LogP contribution in [-0.2, 0) is 0 Å². The van der Waals surface area contributed by atoms with Crippen molar-refractivity contribution in [2.45, 2.75) is 44.8 Å². The van der Waals surface area contributed by atoms with Crippen molar-refractivity contribution in [2.24, 2.45) is 11.8 Å². The first-order chi connectivity index (χ1) is 14.5. The van der Waals surface area contributed by atoms with E-state index in [1.807, 2.05) is 30.0 Å². The molecular formula is C23H32N4O3. The molecule has 2 N–H and O–H groups in total. The van der Waals surface area contributed by atoms with Crippen molar-refractivity contribution >= 4 is 17.6 Å². The number of likely N-dealkylation sites (tertiary alicyclic amines) is 2. The minimum absolute atomic E-state index is 0.0393. The number of urea groups is 1. The minimum Gasteiger partial charge on any atom is -0.391 e. The van der Waals surface area contributed by atoms with E-state index in [1.54, 1.807) is 4.90 Å². The van der Waals surface area contributed by atoms with Gasteiger partial charge in [-0.05, 0) is 75.2 Å². The van der Waals surface area contributed by atoms with E-state index >= 15 is 0 Å². The first kappa shape index (κ1) is 19.8. The number of amides is 3. The molecule has 0 aromatic heterocycles. The van der Waals surface area contributed by atoms with E-state index in [2.05, 4.69) is 10.2 Å². The molecule has 5 rings (SSSR count). The van der Waals surface area contributed by atoms with Crippen LogP contribution in [0.2, 0.25) is 0 Å². The second-order valence-corrected chi connectivity index (χ2v) is 9.46. The number of benzene rings is 1. The summed E-state index contributed by atoms with van der Waals surface area (Å²) < 4.78 is 0. The maximum atomic E-state index is 13.3. The molecule has 1 aromatic carbocycles. The zero-order valence-electron chi connectivity index (χ0n) is 17.7. The number of aliphatic hydroxyl groups is 1. The maximum absolute atomic E-state index is 13.3. The normalized spacial score (nSPS) is 31.9. The van der Waals surface area contributed by atoms with Gasteiger partial charge < -0.3 is 15.3 Å². The molecule has 162 valence electrons. The van der Waals surface area contributed by atoms with Crippen LogP contribution >= 0.6 is 0 Å². The van der Waals surface area contributed by atoms with E-state index < -0.39 is 0 Å². The highest BCUT2D eigenvalue weighted by Crippen LogP contribution is 2.39. The number of aliphatic hydroxyl groups excluding tert-OH is 1. The fourth-order valence-electron chi connectivity index (χ4n) is 5.96. The fourth-order valence-corrected chi connectivity index (χ4v) is 5.96. The largest absolute Gasteiger partial charge is 0.391 e. The summed E-state index contributed by atoms with van der Waals surface area (Å²) in [6.45, 7) is 6.91. The SMILES string of the molecule is Cc1ccc(C(=O)N2C[C@H]3C[C@@H](N4CCCC4)[C@H](O)C[C@H]3C2)cc1N1CCNC1=O. The Balaban J connectivity index is 1.30. The lowest BCUT2D eigenvalue weighted by Crippen LogP contribution is -2.48. The van der Waals surface area contributed by atoms with Crippen molar-refractivity contribution < 1.29 is 14.7 Å². The topological polar surface area (TPSA) is 76.1 Å². The second kappa shape index (κ2) is 7.85. The van der Waals surface area contributed by atoms with E-state index in [4.69, 9.17) is 0 Å². The number of hydrogen-bond donors (Lipinski definition) is 2. The molecule has 0 unspecified atom stereocenters. The lowest BCUT2D eigenvalue weighted by molar-refractivity contribution is -0.000865. The van der Waals surface area contributed by atoms with Crippen LogP contribution in [0.3, 0.4) is 0 Å². The molecule has 3 saturated heterocycles. The van der Waals surface area contributed by atoms with Crippen LogP contribution in [0.5, 0.6) is 0 Å².